The molecule has 1 fully saturated rings. The molecule has 1 saturated heterocycles. The molecule has 2 rings (SSSR count). The predicted octanol–water partition coefficient (Wildman–Crippen LogP) is -0.137. The van der Waals surface area contributed by atoms with Crippen LogP contribution in [0.3, 0.4) is 0 Å². The van der Waals surface area contributed by atoms with Crippen molar-refractivity contribution in [1.29, 1.82) is 0 Å². The highest BCUT2D eigenvalue weighted by Crippen LogP contribution is 2.27. The molecule has 1 unspecified atom stereocenters. The lowest BCUT2D eigenvalue weighted by atomic mass is 10.1. The number of nitrogens with two attached hydrogens (primary N) is 1. The van der Waals surface area contributed by atoms with Gasteiger partial charge in [0.25, 0.3) is 0 Å². The molecular weight excluding hydrogens is 230 g/mol. The summed E-state index contributed by atoms with van der Waals surface area (Å²) in [5.41, 5.74) is 5.37. The summed E-state index contributed by atoms with van der Waals surface area (Å²) >= 11 is 0. The number of nitrogens with zero attached hydrogens (tertiary/aromatic N) is 2. The van der Waals surface area contributed by atoms with Gasteiger partial charge in [-0.25, -0.2) is 8.42 Å². The topological polar surface area (TPSA) is 99.1 Å². The zero-order valence-corrected chi connectivity index (χ0v) is 9.74. The lowest BCUT2D eigenvalue weighted by Crippen LogP contribution is -2.04. The number of aryl methyl sites for hydroxylation is 1. The first-order valence-corrected chi connectivity index (χ1v) is 7.15. The fourth-order valence-electron chi connectivity index (χ4n) is 1.78. The molecule has 0 aliphatic carbocycles. The van der Waals surface area contributed by atoms with Crippen LogP contribution in [0.4, 0.5) is 0 Å². The van der Waals surface area contributed by atoms with Crippen LogP contribution in [0.5, 0.6) is 0 Å². The summed E-state index contributed by atoms with van der Waals surface area (Å²) in [5, 5.41) is 7.77. The smallest absolute Gasteiger partial charge is 0.220 e. The fraction of sp³-hybridized carbons (Fsp3) is 0.778. The number of rotatable bonds is 4. The van der Waals surface area contributed by atoms with Gasteiger partial charge in [0.05, 0.1) is 17.4 Å². The highest BCUT2D eigenvalue weighted by Gasteiger charge is 2.32. The van der Waals surface area contributed by atoms with Gasteiger partial charge < -0.3 is 10.2 Å². The fourth-order valence-corrected chi connectivity index (χ4v) is 3.51. The summed E-state index contributed by atoms with van der Waals surface area (Å²) in [7, 11) is -2.90. The Morgan fingerprint density at radius 3 is 2.88 bits per heavy atom. The monoisotopic (exact) mass is 245 g/mol. The normalized spacial score (nSPS) is 23.7. The van der Waals surface area contributed by atoms with E-state index in [9.17, 15) is 8.42 Å². The molecule has 0 radical (unpaired) electrons. The summed E-state index contributed by atoms with van der Waals surface area (Å²) in [5.74, 6) is 1.23. The molecule has 7 heteroatoms. The zero-order valence-electron chi connectivity index (χ0n) is 8.92. The maximum atomic E-state index is 11.3. The number of hydrogen-bond donors (Lipinski definition) is 1. The van der Waals surface area contributed by atoms with Crippen LogP contribution in [0.15, 0.2) is 4.42 Å². The summed E-state index contributed by atoms with van der Waals surface area (Å²) < 4.78 is 28.0. The van der Waals surface area contributed by atoms with Crippen molar-refractivity contribution in [3.63, 3.8) is 0 Å². The van der Waals surface area contributed by atoms with Gasteiger partial charge in [-0.3, -0.25) is 0 Å². The third-order valence-corrected chi connectivity index (χ3v) is 4.43. The molecule has 1 aliphatic heterocycles. The van der Waals surface area contributed by atoms with Crippen LogP contribution in [-0.4, -0.2) is 36.7 Å². The summed E-state index contributed by atoms with van der Waals surface area (Å²) in [4.78, 5) is 0. The van der Waals surface area contributed by atoms with Crippen LogP contribution in [-0.2, 0) is 16.3 Å². The first-order chi connectivity index (χ1) is 7.61. The second-order valence-electron chi connectivity index (χ2n) is 4.03. The minimum absolute atomic E-state index is 0.121. The van der Waals surface area contributed by atoms with E-state index in [1.165, 1.54) is 0 Å². The van der Waals surface area contributed by atoms with Crippen molar-refractivity contribution >= 4 is 9.84 Å². The quantitative estimate of drug-likeness (QED) is 0.792. The van der Waals surface area contributed by atoms with Crippen molar-refractivity contribution in [1.82, 2.24) is 10.2 Å². The molecule has 6 nitrogen and oxygen atoms in total. The molecule has 2 heterocycles. The second-order valence-corrected chi connectivity index (χ2v) is 6.25. The Morgan fingerprint density at radius 2 is 2.25 bits per heavy atom. The molecular formula is C9H15N3O3S. The summed E-state index contributed by atoms with van der Waals surface area (Å²) in [6.07, 6.45) is 2.04. The van der Waals surface area contributed by atoms with E-state index in [4.69, 9.17) is 10.2 Å². The summed E-state index contributed by atoms with van der Waals surface area (Å²) in [6, 6.07) is 0. The molecule has 1 atom stereocenters. The first kappa shape index (κ1) is 11.5. The van der Waals surface area contributed by atoms with Gasteiger partial charge in [-0.05, 0) is 19.4 Å². The Morgan fingerprint density at radius 1 is 1.44 bits per heavy atom. The van der Waals surface area contributed by atoms with Crippen LogP contribution in [0, 0.1) is 0 Å². The van der Waals surface area contributed by atoms with Crippen molar-refractivity contribution in [3.8, 4) is 0 Å². The molecule has 16 heavy (non-hydrogen) atoms. The molecule has 0 bridgehead atoms. The van der Waals surface area contributed by atoms with E-state index in [1.807, 2.05) is 0 Å². The molecule has 2 N–H and O–H groups in total. The van der Waals surface area contributed by atoms with Crippen molar-refractivity contribution in [3.05, 3.63) is 11.8 Å². The molecule has 0 saturated carbocycles. The maximum absolute atomic E-state index is 11.3. The predicted molar refractivity (Wildman–Crippen MR) is 57.7 cm³/mol. The average molecular weight is 245 g/mol. The Labute approximate surface area is 94.1 Å². The lowest BCUT2D eigenvalue weighted by molar-refractivity contribution is 0.422. The minimum Gasteiger partial charge on any atom is -0.425 e. The van der Waals surface area contributed by atoms with Crippen molar-refractivity contribution in [2.24, 2.45) is 5.73 Å². The number of hydrogen-bond acceptors (Lipinski definition) is 6. The van der Waals surface area contributed by atoms with E-state index >= 15 is 0 Å². The molecule has 1 aromatic rings. The molecule has 0 aromatic carbocycles. The van der Waals surface area contributed by atoms with Crippen molar-refractivity contribution in [2.75, 3.05) is 18.1 Å². The van der Waals surface area contributed by atoms with E-state index < -0.39 is 9.84 Å². The molecule has 1 aliphatic rings. The second kappa shape index (κ2) is 4.50. The number of sulfone groups is 1. The van der Waals surface area contributed by atoms with Crippen LogP contribution in [0.1, 0.15) is 30.5 Å². The third-order valence-electron chi connectivity index (χ3n) is 2.66. The molecule has 90 valence electrons. The van der Waals surface area contributed by atoms with Gasteiger partial charge in [0.2, 0.25) is 11.8 Å². The average Bonchev–Trinajstić information content (AvgIpc) is 2.81. The van der Waals surface area contributed by atoms with Gasteiger partial charge in [-0.1, -0.05) is 0 Å². The van der Waals surface area contributed by atoms with E-state index in [1.54, 1.807) is 0 Å². The Hall–Kier alpha value is -0.950. The van der Waals surface area contributed by atoms with Crippen molar-refractivity contribution in [2.45, 2.75) is 25.2 Å². The molecule has 1 aromatic heterocycles. The van der Waals surface area contributed by atoms with Gasteiger partial charge in [0, 0.05) is 6.42 Å². The van der Waals surface area contributed by atoms with Gasteiger partial charge in [0.15, 0.2) is 9.84 Å². The standard InChI is InChI=1S/C9H15N3O3S/c10-4-1-2-8-11-12-9(15-8)7-3-5-16(13,14)6-7/h7H,1-6,10H2. The lowest BCUT2D eigenvalue weighted by Gasteiger charge is -1.99. The number of aromatic nitrogens is 2. The van der Waals surface area contributed by atoms with Crippen LogP contribution in [0.25, 0.3) is 0 Å². The van der Waals surface area contributed by atoms with Crippen LogP contribution >= 0.6 is 0 Å². The SMILES string of the molecule is NCCCc1nnc(C2CCS(=O)(=O)C2)o1. The van der Waals surface area contributed by atoms with Crippen LogP contribution < -0.4 is 5.73 Å². The minimum atomic E-state index is -2.90. The highest BCUT2D eigenvalue weighted by molar-refractivity contribution is 7.91. The van der Waals surface area contributed by atoms with Gasteiger partial charge >= 0.3 is 0 Å². The third kappa shape index (κ3) is 2.59. The highest BCUT2D eigenvalue weighted by atomic mass is 32.2. The van der Waals surface area contributed by atoms with E-state index in [2.05, 4.69) is 10.2 Å². The largest absolute Gasteiger partial charge is 0.425 e. The zero-order chi connectivity index (χ0) is 11.6. The maximum Gasteiger partial charge on any atom is 0.220 e. The van der Waals surface area contributed by atoms with Gasteiger partial charge in [-0.15, -0.1) is 10.2 Å². The van der Waals surface area contributed by atoms with E-state index in [0.717, 1.165) is 6.42 Å². The van der Waals surface area contributed by atoms with E-state index in [-0.39, 0.29) is 17.4 Å². The Balaban J connectivity index is 2.02. The van der Waals surface area contributed by atoms with Gasteiger partial charge in [-0.2, -0.15) is 0 Å². The Kier molecular flexibility index (Phi) is 3.25. The van der Waals surface area contributed by atoms with Crippen molar-refractivity contribution < 1.29 is 12.8 Å². The molecule has 0 spiro atoms. The van der Waals surface area contributed by atoms with Gasteiger partial charge in [0.1, 0.15) is 0 Å². The van der Waals surface area contributed by atoms with E-state index in [0.29, 0.717) is 31.2 Å². The Bertz CT molecular complexity index is 454. The first-order valence-electron chi connectivity index (χ1n) is 5.33. The molecule has 0 amide bonds. The van der Waals surface area contributed by atoms with Crippen LogP contribution in [0.2, 0.25) is 0 Å². The summed E-state index contributed by atoms with van der Waals surface area (Å²) in [6.45, 7) is 0.579.